The van der Waals surface area contributed by atoms with Gasteiger partial charge in [0.1, 0.15) is 22.5 Å². The Morgan fingerprint density at radius 1 is 1.31 bits per heavy atom. The van der Waals surface area contributed by atoms with Gasteiger partial charge in [0.05, 0.1) is 23.1 Å². The van der Waals surface area contributed by atoms with E-state index >= 15 is 0 Å². The first kappa shape index (κ1) is 17.4. The van der Waals surface area contributed by atoms with Crippen molar-refractivity contribution < 1.29 is 18.7 Å². The van der Waals surface area contributed by atoms with Crippen LogP contribution in [0.5, 0.6) is 0 Å². The molecule has 0 spiro atoms. The molecule has 0 fully saturated rings. The highest BCUT2D eigenvalue weighted by molar-refractivity contribution is 5.93. The third kappa shape index (κ3) is 2.56. The molecule has 0 aliphatic carbocycles. The summed E-state index contributed by atoms with van der Waals surface area (Å²) in [5.74, 6) is -2.69. The lowest BCUT2D eigenvalue weighted by molar-refractivity contribution is -0.133. The van der Waals surface area contributed by atoms with Gasteiger partial charge in [0, 0.05) is 23.0 Å². The highest BCUT2D eigenvalue weighted by atomic mass is 19.1. The van der Waals surface area contributed by atoms with E-state index in [9.17, 15) is 24.3 Å². The zero-order valence-corrected chi connectivity index (χ0v) is 14.3. The van der Waals surface area contributed by atoms with Gasteiger partial charge < -0.3 is 14.8 Å². The molecule has 1 aromatic carbocycles. The fourth-order valence-corrected chi connectivity index (χ4v) is 3.33. The van der Waals surface area contributed by atoms with Gasteiger partial charge >= 0.3 is 5.97 Å². The highest BCUT2D eigenvalue weighted by Gasteiger charge is 2.35. The number of fused-ring (bicyclic) bond motifs is 1. The van der Waals surface area contributed by atoms with E-state index in [1.807, 2.05) is 6.07 Å². The molecule has 1 aliphatic rings. The van der Waals surface area contributed by atoms with Crippen molar-refractivity contribution in [3.8, 4) is 6.07 Å². The summed E-state index contributed by atoms with van der Waals surface area (Å²) in [6.45, 7) is 4.78. The molecule has 3 rings (SSSR count). The van der Waals surface area contributed by atoms with Gasteiger partial charge in [0.2, 0.25) is 0 Å². The van der Waals surface area contributed by atoms with Gasteiger partial charge in [-0.1, -0.05) is 6.07 Å². The molecule has 2 heterocycles. The molecule has 0 saturated carbocycles. The van der Waals surface area contributed by atoms with Gasteiger partial charge in [-0.3, -0.25) is 4.79 Å². The minimum absolute atomic E-state index is 0.0472. The Labute approximate surface area is 147 Å². The number of aryl methyl sites for hydroxylation is 1. The van der Waals surface area contributed by atoms with Crippen molar-refractivity contribution in [2.75, 3.05) is 0 Å². The number of hydrogen-bond donors (Lipinski definition) is 2. The number of nitrogens with one attached hydrogen (secondary N) is 1. The second kappa shape index (κ2) is 6.15. The van der Waals surface area contributed by atoms with E-state index in [-0.39, 0.29) is 33.4 Å². The number of rotatable bonds is 2. The van der Waals surface area contributed by atoms with Crippen molar-refractivity contribution >= 4 is 16.9 Å². The number of dihydropyridines is 1. The number of halogens is 1. The van der Waals surface area contributed by atoms with Crippen LogP contribution in [0.25, 0.3) is 11.0 Å². The molecule has 132 valence electrons. The maximum atomic E-state index is 14.2. The molecule has 26 heavy (non-hydrogen) atoms. The second-order valence-corrected chi connectivity index (χ2v) is 6.11. The van der Waals surface area contributed by atoms with E-state index in [0.29, 0.717) is 11.4 Å². The van der Waals surface area contributed by atoms with E-state index in [4.69, 9.17) is 4.42 Å². The minimum atomic E-state index is -1.22. The Balaban J connectivity index is 2.45. The molecule has 0 radical (unpaired) electrons. The largest absolute Gasteiger partial charge is 0.478 e. The number of nitrogens with zero attached hydrogens (tertiary/aromatic N) is 1. The number of benzene rings is 1. The first-order valence-electron chi connectivity index (χ1n) is 7.81. The van der Waals surface area contributed by atoms with Gasteiger partial charge in [-0.05, 0) is 26.8 Å². The van der Waals surface area contributed by atoms with Crippen molar-refractivity contribution in [2.45, 2.75) is 26.7 Å². The quantitative estimate of drug-likeness (QED) is 0.859. The monoisotopic (exact) mass is 354 g/mol. The number of hydrogen-bond acceptors (Lipinski definition) is 5. The lowest BCUT2D eigenvalue weighted by atomic mass is 9.80. The van der Waals surface area contributed by atoms with Gasteiger partial charge in [-0.15, -0.1) is 0 Å². The number of carboxylic acid groups (broad SMARTS) is 1. The van der Waals surface area contributed by atoms with Crippen molar-refractivity contribution in [3.05, 3.63) is 68.1 Å². The SMILES string of the molecule is CC1=C(C#N)C(c2ccc(F)c3c(=O)cc(C)oc23)C(C(=O)O)=C(C)N1. The molecule has 1 aromatic heterocycles. The summed E-state index contributed by atoms with van der Waals surface area (Å²) >= 11 is 0. The lowest BCUT2D eigenvalue weighted by Gasteiger charge is -2.27. The summed E-state index contributed by atoms with van der Waals surface area (Å²) in [4.78, 5) is 24.1. The maximum Gasteiger partial charge on any atom is 0.334 e. The van der Waals surface area contributed by atoms with Crippen LogP contribution in [0.1, 0.15) is 31.1 Å². The molecule has 7 heteroatoms. The van der Waals surface area contributed by atoms with E-state index in [2.05, 4.69) is 5.32 Å². The van der Waals surface area contributed by atoms with Crippen LogP contribution >= 0.6 is 0 Å². The Hall–Kier alpha value is -3.40. The van der Waals surface area contributed by atoms with Gasteiger partial charge in [0.25, 0.3) is 0 Å². The van der Waals surface area contributed by atoms with E-state index in [1.54, 1.807) is 20.8 Å². The van der Waals surface area contributed by atoms with Gasteiger partial charge in [-0.2, -0.15) is 5.26 Å². The van der Waals surface area contributed by atoms with Crippen molar-refractivity contribution in [1.29, 1.82) is 5.26 Å². The predicted octanol–water partition coefficient (Wildman–Crippen LogP) is 3.08. The third-order valence-corrected chi connectivity index (χ3v) is 4.40. The second-order valence-electron chi connectivity index (χ2n) is 6.11. The fraction of sp³-hybridized carbons (Fsp3) is 0.211. The smallest absolute Gasteiger partial charge is 0.334 e. The molecule has 1 unspecified atom stereocenters. The Kier molecular flexibility index (Phi) is 4.12. The van der Waals surface area contributed by atoms with Gasteiger partial charge in [0.15, 0.2) is 5.43 Å². The molecular formula is C19H15FN2O4. The standard InChI is InChI=1S/C19H15FN2O4/c1-8-6-14(23)17-13(20)5-4-11(18(17)26-8)16-12(7-21)9(2)22-10(3)15(16)19(24)25/h4-6,16,22H,1-3H3,(H,24,25). The molecule has 0 saturated heterocycles. The molecule has 2 N–H and O–H groups in total. The first-order chi connectivity index (χ1) is 12.3. The summed E-state index contributed by atoms with van der Waals surface area (Å²) in [5, 5.41) is 21.9. The fourth-order valence-electron chi connectivity index (χ4n) is 3.33. The number of allylic oxidation sites excluding steroid dienone is 3. The number of carbonyl (C=O) groups is 1. The molecule has 2 aromatic rings. The molecule has 6 nitrogen and oxygen atoms in total. The van der Waals surface area contributed by atoms with Crippen LogP contribution in [0.4, 0.5) is 4.39 Å². The third-order valence-electron chi connectivity index (χ3n) is 4.40. The van der Waals surface area contributed by atoms with Crippen molar-refractivity contribution in [1.82, 2.24) is 5.32 Å². The van der Waals surface area contributed by atoms with Crippen LogP contribution in [0.3, 0.4) is 0 Å². The average Bonchev–Trinajstić information content (AvgIpc) is 2.53. The molecule has 1 aliphatic heterocycles. The summed E-state index contributed by atoms with van der Waals surface area (Å²) < 4.78 is 19.8. The normalized spacial score (nSPS) is 17.3. The lowest BCUT2D eigenvalue weighted by Crippen LogP contribution is -2.28. The number of carboxylic acids is 1. The van der Waals surface area contributed by atoms with Crippen molar-refractivity contribution in [3.63, 3.8) is 0 Å². The summed E-state index contributed by atoms with van der Waals surface area (Å²) in [7, 11) is 0. The Morgan fingerprint density at radius 3 is 2.62 bits per heavy atom. The number of nitriles is 1. The molecule has 0 amide bonds. The van der Waals surface area contributed by atoms with E-state index < -0.39 is 23.1 Å². The summed E-state index contributed by atoms with van der Waals surface area (Å²) in [6.07, 6.45) is 0. The Bertz CT molecular complexity index is 1120. The molecule has 1 atom stereocenters. The van der Waals surface area contributed by atoms with Crippen LogP contribution < -0.4 is 10.7 Å². The van der Waals surface area contributed by atoms with Crippen LogP contribution in [-0.2, 0) is 4.79 Å². The van der Waals surface area contributed by atoms with Gasteiger partial charge in [-0.25, -0.2) is 9.18 Å². The van der Waals surface area contributed by atoms with Crippen molar-refractivity contribution in [2.24, 2.45) is 0 Å². The van der Waals surface area contributed by atoms with Crippen LogP contribution in [0.2, 0.25) is 0 Å². The molecule has 0 bridgehead atoms. The first-order valence-corrected chi connectivity index (χ1v) is 7.81. The van der Waals surface area contributed by atoms with Crippen LogP contribution in [0, 0.1) is 24.1 Å². The van der Waals surface area contributed by atoms with E-state index in [0.717, 1.165) is 6.07 Å². The topological polar surface area (TPSA) is 103 Å². The Morgan fingerprint density at radius 2 is 2.00 bits per heavy atom. The van der Waals surface area contributed by atoms with Crippen LogP contribution in [-0.4, -0.2) is 11.1 Å². The summed E-state index contributed by atoms with van der Waals surface area (Å²) in [5.41, 5.74) is 0.632. The predicted molar refractivity (Wildman–Crippen MR) is 91.7 cm³/mol. The molecular weight excluding hydrogens is 339 g/mol. The maximum absolute atomic E-state index is 14.2. The van der Waals surface area contributed by atoms with E-state index in [1.165, 1.54) is 12.1 Å². The zero-order chi connectivity index (χ0) is 19.2. The summed E-state index contributed by atoms with van der Waals surface area (Å²) in [6, 6.07) is 5.64. The highest BCUT2D eigenvalue weighted by Crippen LogP contribution is 2.40. The van der Waals surface area contributed by atoms with Crippen LogP contribution in [0.15, 0.2) is 50.0 Å². The zero-order valence-electron chi connectivity index (χ0n) is 14.3. The average molecular weight is 354 g/mol. The minimum Gasteiger partial charge on any atom is -0.478 e. The number of aliphatic carboxylic acids is 1.